The van der Waals surface area contributed by atoms with Gasteiger partial charge >= 0.3 is 229 Å². The fraction of sp³-hybridized carbons (Fsp3) is 0.238. The molecular weight excluding hydrogens is 2040 g/mol. The summed E-state index contributed by atoms with van der Waals surface area (Å²) in [6, 6.07) is 67.8. The van der Waals surface area contributed by atoms with Crippen LogP contribution in [0.5, 0.6) is 0 Å². The Bertz CT molecular complexity index is 7620. The van der Waals surface area contributed by atoms with Crippen LogP contribution in [0, 0.1) is 26.2 Å². The Morgan fingerprint density at radius 2 is 1.12 bits per heavy atom. The van der Waals surface area contributed by atoms with E-state index in [-0.39, 0.29) is 17.8 Å². The van der Waals surface area contributed by atoms with Crippen molar-refractivity contribution in [2.45, 2.75) is 164 Å². The van der Waals surface area contributed by atoms with Gasteiger partial charge in [0.2, 0.25) is 16.6 Å². The SMILES string of the molecule is C=CSc1ccc2c(c1)S/C(=C/C=C(/C=C/c1cc[n+](CCO[O-])c3ccc(C)cc13)CC)N2CC.C=CSc1ccc2c(c1)c(/C=C1C=C(/C=C3/Sc4ccc(C)cc4N3CC)CC(C)(C)C/1)cc[n+]2C.CC(/C=C/c1cc[n+](C)c2ccc(C)cc12)=C\C=C1\Sc2ccc(SC3CC3)cc2N1CCCS(=O)(=O)[O-].CCN1\C(=C/C=C/C=C/c2cc[n+](C)c3ccc(SC)cc23)[Se]c2cc(Sc3ccccn3)ccc21. The van der Waals surface area contributed by atoms with E-state index in [0.29, 0.717) is 39.7 Å². The van der Waals surface area contributed by atoms with Gasteiger partial charge in [0.05, 0.1) is 65.0 Å². The first-order valence-electron chi connectivity index (χ1n) is 49.5. The predicted molar refractivity (Wildman–Crippen MR) is 625 cm³/mol. The third-order valence-electron chi connectivity index (χ3n) is 25.8. The van der Waals surface area contributed by atoms with Crippen LogP contribution in [0.4, 0.5) is 22.7 Å². The van der Waals surface area contributed by atoms with E-state index in [0.717, 1.165) is 76.2 Å². The Kier molecular flexibility index (Phi) is 37.4. The zero-order chi connectivity index (χ0) is 103. The van der Waals surface area contributed by atoms with E-state index in [1.54, 1.807) is 58.8 Å². The Morgan fingerprint density at radius 1 is 0.555 bits per heavy atom. The number of anilines is 4. The average Bonchev–Trinajstić information content (AvgIpc) is 1.49. The van der Waals surface area contributed by atoms with Gasteiger partial charge in [0.15, 0.2) is 25.1 Å². The molecule has 14 nitrogen and oxygen atoms in total. The quantitative estimate of drug-likeness (QED) is 0.00776. The molecular formula is C122H127N9O5S9Se+2. The summed E-state index contributed by atoms with van der Waals surface area (Å²) in [5.74, 6) is -0.354. The van der Waals surface area contributed by atoms with E-state index in [2.05, 4.69) is 449 Å². The van der Waals surface area contributed by atoms with Crippen molar-refractivity contribution in [3.63, 3.8) is 0 Å². The third-order valence-corrected chi connectivity index (χ3v) is 36.6. The molecule has 0 saturated heterocycles. The molecule has 1 saturated carbocycles. The normalized spacial score (nSPS) is 16.4. The van der Waals surface area contributed by atoms with Gasteiger partial charge in [-0.3, -0.25) is 0 Å². The molecule has 0 bridgehead atoms. The van der Waals surface area contributed by atoms with Crippen LogP contribution in [-0.2, 0) is 42.7 Å². The summed E-state index contributed by atoms with van der Waals surface area (Å²) in [6.45, 7) is 33.9. The zero-order valence-electron chi connectivity index (χ0n) is 85.5. The minimum absolute atomic E-state index is 0.144. The van der Waals surface area contributed by atoms with Crippen molar-refractivity contribution in [3.05, 3.63) is 397 Å². The van der Waals surface area contributed by atoms with Gasteiger partial charge in [0.25, 0.3) is 0 Å². The van der Waals surface area contributed by atoms with E-state index >= 15 is 0 Å². The zero-order valence-corrected chi connectivity index (χ0v) is 94.6. The van der Waals surface area contributed by atoms with Crippen molar-refractivity contribution >= 4 is 214 Å². The molecule has 0 radical (unpaired) electrons. The molecule has 24 heteroatoms. The molecule has 6 aliphatic rings. The van der Waals surface area contributed by atoms with E-state index in [1.165, 1.54) is 171 Å². The second kappa shape index (κ2) is 50.5. The van der Waals surface area contributed by atoms with Gasteiger partial charge < -0.3 is 29.4 Å². The molecule has 0 atom stereocenters. The molecule has 5 aromatic heterocycles. The summed E-state index contributed by atoms with van der Waals surface area (Å²) in [5, 5.41) is 24.6. The van der Waals surface area contributed by atoms with E-state index in [9.17, 15) is 18.2 Å². The van der Waals surface area contributed by atoms with Gasteiger partial charge in [0, 0.05) is 96.4 Å². The molecule has 0 amide bonds. The molecule has 748 valence electrons. The van der Waals surface area contributed by atoms with Crippen LogP contribution in [-0.4, -0.2) is 83.0 Å². The van der Waals surface area contributed by atoms with Gasteiger partial charge in [-0.15, -0.1) is 11.8 Å². The number of benzene rings is 8. The fourth-order valence-electron chi connectivity index (χ4n) is 18.4. The van der Waals surface area contributed by atoms with Crippen molar-refractivity contribution in [3.8, 4) is 0 Å². The predicted octanol–water partition coefficient (Wildman–Crippen LogP) is 28.4. The van der Waals surface area contributed by atoms with E-state index in [4.69, 9.17) is 0 Å². The van der Waals surface area contributed by atoms with E-state index in [1.807, 2.05) is 70.6 Å². The summed E-state index contributed by atoms with van der Waals surface area (Å²) in [4.78, 5) is 27.9. The van der Waals surface area contributed by atoms with Gasteiger partial charge in [0.1, 0.15) is 14.1 Å². The van der Waals surface area contributed by atoms with Crippen molar-refractivity contribution in [2.75, 3.05) is 64.4 Å². The summed E-state index contributed by atoms with van der Waals surface area (Å²) in [6.07, 6.45) is 53.8. The van der Waals surface area contributed by atoms with Crippen LogP contribution in [0.25, 0.3) is 67.9 Å². The Hall–Kier alpha value is -10.7. The molecule has 9 heterocycles. The number of nitrogens with zero attached hydrogens (tertiary/aromatic N) is 9. The summed E-state index contributed by atoms with van der Waals surface area (Å²) < 4.78 is 45.1. The van der Waals surface area contributed by atoms with Crippen molar-refractivity contribution in [1.82, 2.24) is 4.98 Å². The summed E-state index contributed by atoms with van der Waals surface area (Å²) >= 11 is 14.4. The van der Waals surface area contributed by atoms with Crippen LogP contribution in [0.1, 0.15) is 126 Å². The molecule has 2 aliphatic carbocycles. The van der Waals surface area contributed by atoms with Crippen molar-refractivity contribution in [1.29, 1.82) is 0 Å². The van der Waals surface area contributed by atoms with E-state index < -0.39 is 10.1 Å². The molecule has 0 spiro atoms. The average molecular weight is 2170 g/mol. The number of pyridine rings is 5. The maximum atomic E-state index is 11.2. The number of aromatic nitrogens is 5. The number of fused-ring (bicyclic) bond motifs is 8. The molecule has 8 aromatic carbocycles. The van der Waals surface area contributed by atoms with Crippen LogP contribution < -0.4 is 47.6 Å². The Morgan fingerprint density at radius 3 is 1.80 bits per heavy atom. The molecule has 146 heavy (non-hydrogen) atoms. The topological polar surface area (TPSA) is 131 Å². The Labute approximate surface area is 903 Å². The molecule has 1 fully saturated rings. The van der Waals surface area contributed by atoms with Gasteiger partial charge in [-0.1, -0.05) is 176 Å². The van der Waals surface area contributed by atoms with Gasteiger partial charge in [-0.25, -0.2) is 17.6 Å². The minimum atomic E-state index is -4.24. The fourth-order valence-corrected chi connectivity index (χ4v) is 28.4. The molecule has 19 rings (SSSR count). The second-order valence-electron chi connectivity index (χ2n) is 37.3. The second-order valence-corrected chi connectivity index (χ2v) is 49.7. The standard InChI is InChI=1S/C32H35N2S2.C30H28N3S2Se.C30H32N2O3S3.C30H32N2O2S2/c1-7-34-29-15-22(3)9-12-30(29)36-31(34)18-24-16-23(20-32(4,5)21-24)17-25-13-14-33(6)28-11-10-26(35-8-2)19-27(25)28;1-4-33-27-16-14-24(35-29-11-8-9-18-31-29)21-28(27)36-30(33)12-7-5-6-10-22-17-19-32(2)26-15-13-23(34-3)20-25(22)26;1-21(5-8-23-15-17-31(3)27-12-6-22(2)19-26(23)27)7-14-30-32(16-4-18-38(33,34)35)28-20-25(36-24-9-10-24)11-13-29(28)37-30;1-5-23(10-15-30-32(6-2)28-14-12-25(35-7-3)21-29(28)36-30)9-11-24-16-17-31(18-19-34-33)27-13-8-22(4)20-26(24)27/h8-19H,2,7,20-21H2,1,3-6H3;5-21H,4H2,1-3H3;5-8,11-15,17,19-20,24H,4,9-10,16,18H2,1-3H3;7-17,20-21H,3,5-6,18-19H2,1-2,4H3/q2*+1;;. The third kappa shape index (κ3) is 27.9. The van der Waals surface area contributed by atoms with Crippen LogP contribution in [0.3, 0.4) is 0 Å². The van der Waals surface area contributed by atoms with Crippen LogP contribution >= 0.6 is 94.1 Å². The van der Waals surface area contributed by atoms with Gasteiger partial charge in [-0.2, -0.15) is 4.57 Å². The molecule has 0 unspecified atom stereocenters. The molecule has 4 aliphatic heterocycles. The van der Waals surface area contributed by atoms with Crippen molar-refractivity contribution in [2.24, 2.45) is 26.6 Å². The maximum absolute atomic E-state index is 11.2. The number of allylic oxidation sites excluding steroid dienone is 16. The number of aryl methyl sites for hydroxylation is 6. The van der Waals surface area contributed by atoms with Crippen LogP contribution in [0.2, 0.25) is 0 Å². The van der Waals surface area contributed by atoms with Crippen molar-refractivity contribution < 1.29 is 41.4 Å². The number of hydrogen-bond donors (Lipinski definition) is 0. The number of rotatable bonds is 31. The Balaban J connectivity index is 0.000000139. The summed E-state index contributed by atoms with van der Waals surface area (Å²) in [5.41, 5.74) is 23.8. The van der Waals surface area contributed by atoms with Crippen LogP contribution in [0.15, 0.2) is 402 Å². The monoisotopic (exact) mass is 2170 g/mol. The van der Waals surface area contributed by atoms with Gasteiger partial charge in [-0.05, 0) is 226 Å². The first-order valence-corrected chi connectivity index (χ1v) is 60.0. The number of hydrogen-bond acceptors (Lipinski definition) is 18. The first-order chi connectivity index (χ1) is 70.6. The number of thioether (sulfide) groups is 7. The molecule has 13 aromatic rings. The summed E-state index contributed by atoms with van der Waals surface area (Å²) in [7, 11) is 2.04. The molecule has 0 N–H and O–H groups in total. The first kappa shape index (κ1) is 108.